The van der Waals surface area contributed by atoms with Gasteiger partial charge in [-0.1, -0.05) is 60.7 Å². The van der Waals surface area contributed by atoms with E-state index in [-0.39, 0.29) is 11.5 Å². The smallest absolute Gasteiger partial charge is 0.123 e. The summed E-state index contributed by atoms with van der Waals surface area (Å²) in [5, 5.41) is 21.6. The van der Waals surface area contributed by atoms with Crippen LogP contribution in [0.2, 0.25) is 0 Å². The van der Waals surface area contributed by atoms with Gasteiger partial charge in [0.1, 0.15) is 11.5 Å². The van der Waals surface area contributed by atoms with Crippen molar-refractivity contribution in [2.75, 3.05) is 0 Å². The normalized spacial score (nSPS) is 12.5. The molecule has 0 fully saturated rings. The summed E-state index contributed by atoms with van der Waals surface area (Å²) in [4.78, 5) is 0. The van der Waals surface area contributed by atoms with E-state index in [9.17, 15) is 10.2 Å². The molecule has 0 spiro atoms. The highest BCUT2D eigenvalue weighted by atomic mass is 16.3. The summed E-state index contributed by atoms with van der Waals surface area (Å²) in [5.41, 5.74) is 1.94. The zero-order chi connectivity index (χ0) is 15.4. The predicted molar refractivity (Wildman–Crippen MR) is 89.0 cm³/mol. The lowest BCUT2D eigenvalue weighted by Crippen LogP contribution is -2.10. The molecule has 0 atom stereocenters. The Labute approximate surface area is 128 Å². The fraction of sp³-hybridized carbons (Fsp3) is 0. The van der Waals surface area contributed by atoms with E-state index < -0.39 is 0 Å². The van der Waals surface area contributed by atoms with Gasteiger partial charge in [0.25, 0.3) is 0 Å². The Morgan fingerprint density at radius 2 is 0.909 bits per heavy atom. The lowest BCUT2D eigenvalue weighted by atomic mass is 10.1. The summed E-state index contributed by atoms with van der Waals surface area (Å²) in [6.45, 7) is 0. The molecule has 0 heterocycles. The van der Waals surface area contributed by atoms with Crippen molar-refractivity contribution >= 4 is 12.2 Å². The van der Waals surface area contributed by atoms with Gasteiger partial charge in [0.05, 0.1) is 0 Å². The van der Waals surface area contributed by atoms with Crippen molar-refractivity contribution in [3.8, 4) is 11.5 Å². The quantitative estimate of drug-likeness (QED) is 0.712. The molecule has 0 aromatic heterocycles. The Balaban J connectivity index is 2.10. The van der Waals surface area contributed by atoms with Crippen LogP contribution >= 0.6 is 0 Å². The number of hydrogen-bond acceptors (Lipinski definition) is 2. The summed E-state index contributed by atoms with van der Waals surface area (Å²) >= 11 is 0. The monoisotopic (exact) mass is 288 g/mol. The van der Waals surface area contributed by atoms with Crippen LogP contribution in [0.25, 0.3) is 12.2 Å². The minimum Gasteiger partial charge on any atom is -0.507 e. The summed E-state index contributed by atoms with van der Waals surface area (Å²) in [7, 11) is 0. The Morgan fingerprint density at radius 3 is 1.27 bits per heavy atom. The van der Waals surface area contributed by atoms with Crippen molar-refractivity contribution in [1.82, 2.24) is 0 Å². The number of aromatic hydroxyl groups is 2. The molecule has 0 saturated heterocycles. The first-order chi connectivity index (χ1) is 10.7. The molecular formula is C20H16O2. The van der Waals surface area contributed by atoms with Crippen LogP contribution in [-0.4, -0.2) is 10.2 Å². The molecule has 3 aromatic carbocycles. The van der Waals surface area contributed by atoms with E-state index in [0.717, 1.165) is 11.1 Å². The van der Waals surface area contributed by atoms with E-state index in [0.29, 0.717) is 10.4 Å². The summed E-state index contributed by atoms with van der Waals surface area (Å²) in [6.07, 6.45) is 3.67. The Hall–Kier alpha value is -3.00. The van der Waals surface area contributed by atoms with Crippen LogP contribution in [-0.2, 0) is 0 Å². The van der Waals surface area contributed by atoms with E-state index in [2.05, 4.69) is 0 Å². The van der Waals surface area contributed by atoms with Gasteiger partial charge in [-0.15, -0.1) is 0 Å². The second kappa shape index (κ2) is 6.19. The van der Waals surface area contributed by atoms with Crippen molar-refractivity contribution in [2.24, 2.45) is 0 Å². The van der Waals surface area contributed by atoms with Crippen LogP contribution in [0, 0.1) is 0 Å². The van der Waals surface area contributed by atoms with Gasteiger partial charge in [-0.25, -0.2) is 0 Å². The van der Waals surface area contributed by atoms with Crippen LogP contribution in [0.3, 0.4) is 0 Å². The van der Waals surface area contributed by atoms with Gasteiger partial charge in [-0.2, -0.15) is 0 Å². The molecule has 0 unspecified atom stereocenters. The van der Waals surface area contributed by atoms with Gasteiger partial charge < -0.3 is 10.2 Å². The molecule has 108 valence electrons. The third kappa shape index (κ3) is 3.18. The highest BCUT2D eigenvalue weighted by molar-refractivity contribution is 5.56. The maximum atomic E-state index is 10.2. The third-order valence-electron chi connectivity index (χ3n) is 3.42. The highest BCUT2D eigenvalue weighted by Crippen LogP contribution is 2.08. The molecule has 22 heavy (non-hydrogen) atoms. The van der Waals surface area contributed by atoms with Crippen molar-refractivity contribution in [1.29, 1.82) is 0 Å². The van der Waals surface area contributed by atoms with Crippen LogP contribution < -0.4 is 10.4 Å². The molecule has 0 saturated carbocycles. The lowest BCUT2D eigenvalue weighted by molar-refractivity contribution is 0.453. The van der Waals surface area contributed by atoms with Crippen LogP contribution in [0.4, 0.5) is 0 Å². The second-order valence-electron chi connectivity index (χ2n) is 5.08. The van der Waals surface area contributed by atoms with Gasteiger partial charge >= 0.3 is 0 Å². The van der Waals surface area contributed by atoms with E-state index in [1.54, 1.807) is 12.1 Å². The second-order valence-corrected chi connectivity index (χ2v) is 5.08. The SMILES string of the molecule is Oc1cc(=Cc2ccccc2)c(O)cc1=Cc1ccccc1. The molecule has 2 heteroatoms. The average Bonchev–Trinajstić information content (AvgIpc) is 2.54. The first kappa shape index (κ1) is 14.0. The van der Waals surface area contributed by atoms with E-state index in [1.165, 1.54) is 0 Å². The third-order valence-corrected chi connectivity index (χ3v) is 3.42. The van der Waals surface area contributed by atoms with Crippen molar-refractivity contribution in [3.63, 3.8) is 0 Å². The molecule has 0 aliphatic rings. The molecule has 0 radical (unpaired) electrons. The predicted octanol–water partition coefficient (Wildman–Crippen LogP) is 2.76. The molecule has 2 nitrogen and oxygen atoms in total. The number of benzene rings is 3. The lowest BCUT2D eigenvalue weighted by Gasteiger charge is -2.00. The summed E-state index contributed by atoms with van der Waals surface area (Å²) in [5.74, 6) is 0.285. The topological polar surface area (TPSA) is 40.5 Å². The molecular weight excluding hydrogens is 272 g/mol. The van der Waals surface area contributed by atoms with Crippen molar-refractivity contribution in [2.45, 2.75) is 0 Å². The largest absolute Gasteiger partial charge is 0.507 e. The molecule has 0 aliphatic heterocycles. The molecule has 0 bridgehead atoms. The number of rotatable bonds is 2. The zero-order valence-electron chi connectivity index (χ0n) is 12.0. The average molecular weight is 288 g/mol. The molecule has 0 aliphatic carbocycles. The maximum Gasteiger partial charge on any atom is 0.123 e. The molecule has 3 aromatic rings. The molecule has 3 rings (SSSR count). The van der Waals surface area contributed by atoms with E-state index in [1.807, 2.05) is 72.8 Å². The minimum absolute atomic E-state index is 0.142. The van der Waals surface area contributed by atoms with E-state index in [4.69, 9.17) is 0 Å². The van der Waals surface area contributed by atoms with Gasteiger partial charge in [0.2, 0.25) is 0 Å². The van der Waals surface area contributed by atoms with E-state index >= 15 is 0 Å². The van der Waals surface area contributed by atoms with Crippen LogP contribution in [0.5, 0.6) is 11.5 Å². The minimum atomic E-state index is 0.142. The van der Waals surface area contributed by atoms with Crippen molar-refractivity contribution in [3.05, 3.63) is 94.4 Å². The first-order valence-corrected chi connectivity index (χ1v) is 7.08. The zero-order valence-corrected chi connectivity index (χ0v) is 12.0. The first-order valence-electron chi connectivity index (χ1n) is 7.08. The van der Waals surface area contributed by atoms with Gasteiger partial charge in [0.15, 0.2) is 0 Å². The summed E-state index contributed by atoms with van der Waals surface area (Å²) < 4.78 is 0. The number of phenolic OH excluding ortho intramolecular Hbond substituents is 2. The molecule has 2 N–H and O–H groups in total. The Morgan fingerprint density at radius 1 is 0.545 bits per heavy atom. The van der Waals surface area contributed by atoms with Gasteiger partial charge in [-0.3, -0.25) is 0 Å². The summed E-state index contributed by atoms with van der Waals surface area (Å²) in [6, 6.07) is 22.5. The fourth-order valence-corrected chi connectivity index (χ4v) is 2.30. The highest BCUT2D eigenvalue weighted by Gasteiger charge is 1.99. The maximum absolute atomic E-state index is 10.2. The fourth-order valence-electron chi connectivity index (χ4n) is 2.30. The van der Waals surface area contributed by atoms with Gasteiger partial charge in [-0.05, 0) is 35.4 Å². The Kier molecular flexibility index (Phi) is 3.92. The number of hydrogen-bond donors (Lipinski definition) is 2. The van der Waals surface area contributed by atoms with Crippen LogP contribution in [0.15, 0.2) is 72.8 Å². The molecule has 0 amide bonds. The number of phenols is 2. The Bertz CT molecular complexity index is 805. The van der Waals surface area contributed by atoms with Crippen molar-refractivity contribution < 1.29 is 10.2 Å². The standard InChI is InChI=1S/C20H16O2/c21-19-14-18(12-16-9-5-2-6-10-16)20(22)13-17(19)11-15-7-3-1-4-8-15/h1-14,21-22H. The van der Waals surface area contributed by atoms with Crippen LogP contribution in [0.1, 0.15) is 11.1 Å². The van der Waals surface area contributed by atoms with Gasteiger partial charge in [0, 0.05) is 10.4 Å².